The highest BCUT2D eigenvalue weighted by Crippen LogP contribution is 2.32. The van der Waals surface area contributed by atoms with E-state index in [0.29, 0.717) is 36.4 Å². The number of aromatic carboxylic acids is 1. The summed E-state index contributed by atoms with van der Waals surface area (Å²) in [5.41, 5.74) is 6.65. The predicted octanol–water partition coefficient (Wildman–Crippen LogP) is 2.09. The zero-order valence-electron chi connectivity index (χ0n) is 14.4. The number of halogens is 1. The molecule has 134 valence electrons. The zero-order chi connectivity index (χ0) is 18.3. The Labute approximate surface area is 144 Å². The molecule has 25 heavy (non-hydrogen) atoms. The van der Waals surface area contributed by atoms with Crippen molar-refractivity contribution < 1.29 is 14.3 Å². The van der Waals surface area contributed by atoms with Gasteiger partial charge in [0.2, 0.25) is 5.43 Å². The number of nitrogens with zero attached hydrogens (tertiary/aromatic N) is 2. The molecule has 7 heteroatoms. The first-order chi connectivity index (χ1) is 11.8. The van der Waals surface area contributed by atoms with Crippen LogP contribution in [0.15, 0.2) is 17.1 Å². The largest absolute Gasteiger partial charge is 0.477 e. The highest BCUT2D eigenvalue weighted by Gasteiger charge is 2.24. The number of carboxylic acids is 1. The van der Waals surface area contributed by atoms with Crippen LogP contribution in [0.2, 0.25) is 0 Å². The summed E-state index contributed by atoms with van der Waals surface area (Å²) >= 11 is 0. The lowest BCUT2D eigenvalue weighted by Crippen LogP contribution is -2.40. The molecule has 3 rings (SSSR count). The number of aromatic nitrogens is 1. The Balaban J connectivity index is 2.28. The van der Waals surface area contributed by atoms with E-state index in [0.717, 1.165) is 12.8 Å². The fourth-order valence-electron chi connectivity index (χ4n) is 3.64. The van der Waals surface area contributed by atoms with E-state index in [-0.39, 0.29) is 17.0 Å². The number of carbonyl (C=O) groups is 1. The third-order valence-corrected chi connectivity index (χ3v) is 4.95. The fourth-order valence-corrected chi connectivity index (χ4v) is 3.64. The van der Waals surface area contributed by atoms with Gasteiger partial charge in [0.05, 0.1) is 11.2 Å². The number of rotatable bonds is 3. The van der Waals surface area contributed by atoms with Gasteiger partial charge in [-0.1, -0.05) is 0 Å². The van der Waals surface area contributed by atoms with Gasteiger partial charge in [-0.25, -0.2) is 9.18 Å². The van der Waals surface area contributed by atoms with Crippen LogP contribution in [0, 0.1) is 12.7 Å². The number of anilines is 1. The summed E-state index contributed by atoms with van der Waals surface area (Å²) in [5.74, 6) is -1.80. The van der Waals surface area contributed by atoms with Gasteiger partial charge < -0.3 is 20.3 Å². The van der Waals surface area contributed by atoms with Crippen LogP contribution >= 0.6 is 0 Å². The first kappa shape index (κ1) is 17.4. The summed E-state index contributed by atoms with van der Waals surface area (Å²) in [6.07, 6.45) is 2.92. The molecule has 1 fully saturated rings. The van der Waals surface area contributed by atoms with Gasteiger partial charge in [-0.05, 0) is 38.3 Å². The number of hydrogen-bond donors (Lipinski definition) is 2. The van der Waals surface area contributed by atoms with Gasteiger partial charge in [0, 0.05) is 37.3 Å². The quantitative estimate of drug-likeness (QED) is 0.888. The van der Waals surface area contributed by atoms with Crippen LogP contribution in [0.25, 0.3) is 10.9 Å². The summed E-state index contributed by atoms with van der Waals surface area (Å²) in [6, 6.07) is 1.31. The molecule has 1 aromatic carbocycles. The van der Waals surface area contributed by atoms with Gasteiger partial charge in [0.25, 0.3) is 0 Å². The van der Waals surface area contributed by atoms with Gasteiger partial charge in [0.15, 0.2) is 0 Å². The molecule has 0 atom stereocenters. The number of carboxylic acid groups (broad SMARTS) is 1. The molecule has 0 unspecified atom stereocenters. The standard InChI is InChI=1S/C18H22FN3O3/c1-3-21-9-13(18(24)25)17(23)12-8-14(19)16(10(2)15(12)21)22-6-4-11(20)5-7-22/h8-9,11H,3-7,20H2,1-2H3,(H,24,25). The topological polar surface area (TPSA) is 88.6 Å². The van der Waals surface area contributed by atoms with Crippen molar-refractivity contribution in [3.05, 3.63) is 39.4 Å². The molecule has 2 aromatic rings. The number of aryl methyl sites for hydroxylation is 2. The van der Waals surface area contributed by atoms with E-state index >= 15 is 0 Å². The van der Waals surface area contributed by atoms with E-state index < -0.39 is 17.2 Å². The smallest absolute Gasteiger partial charge is 0.341 e. The van der Waals surface area contributed by atoms with E-state index in [4.69, 9.17) is 5.73 Å². The van der Waals surface area contributed by atoms with Crippen LogP contribution in [0.5, 0.6) is 0 Å². The molecule has 6 nitrogen and oxygen atoms in total. The van der Waals surface area contributed by atoms with E-state index in [2.05, 4.69) is 0 Å². The van der Waals surface area contributed by atoms with E-state index in [9.17, 15) is 19.1 Å². The highest BCUT2D eigenvalue weighted by atomic mass is 19.1. The molecule has 1 saturated heterocycles. The molecule has 2 heterocycles. The SMILES string of the molecule is CCn1cc(C(=O)O)c(=O)c2cc(F)c(N3CCC(N)CC3)c(C)c21. The molecule has 1 aromatic heterocycles. The Hall–Kier alpha value is -2.41. The molecule has 0 amide bonds. The van der Waals surface area contributed by atoms with Crippen LogP contribution in [0.1, 0.15) is 35.7 Å². The summed E-state index contributed by atoms with van der Waals surface area (Å²) in [4.78, 5) is 25.8. The highest BCUT2D eigenvalue weighted by molar-refractivity contribution is 5.95. The number of nitrogens with two attached hydrogens (primary N) is 1. The van der Waals surface area contributed by atoms with Crippen molar-refractivity contribution in [3.63, 3.8) is 0 Å². The maximum Gasteiger partial charge on any atom is 0.341 e. The lowest BCUT2D eigenvalue weighted by Gasteiger charge is -2.33. The Kier molecular flexibility index (Phi) is 4.51. The molecule has 1 aliphatic heterocycles. The van der Waals surface area contributed by atoms with Crippen LogP contribution in [0.4, 0.5) is 10.1 Å². The average molecular weight is 347 g/mol. The minimum atomic E-state index is -1.30. The van der Waals surface area contributed by atoms with Crippen molar-refractivity contribution in [1.29, 1.82) is 0 Å². The number of hydrogen-bond acceptors (Lipinski definition) is 4. The Bertz CT molecular complexity index is 899. The number of benzene rings is 1. The molecule has 3 N–H and O–H groups in total. The number of fused-ring (bicyclic) bond motifs is 1. The second kappa shape index (κ2) is 6.48. The van der Waals surface area contributed by atoms with Crippen molar-refractivity contribution in [3.8, 4) is 0 Å². The van der Waals surface area contributed by atoms with Gasteiger partial charge in [0.1, 0.15) is 11.4 Å². The van der Waals surface area contributed by atoms with E-state index in [1.807, 2.05) is 11.8 Å². The molecule has 0 bridgehead atoms. The molecule has 1 aliphatic rings. The molecule has 0 aliphatic carbocycles. The lowest BCUT2D eigenvalue weighted by molar-refractivity contribution is 0.0695. The van der Waals surface area contributed by atoms with Crippen LogP contribution in [-0.4, -0.2) is 34.8 Å². The normalized spacial score (nSPS) is 15.8. The van der Waals surface area contributed by atoms with Gasteiger partial charge >= 0.3 is 5.97 Å². The molecular weight excluding hydrogens is 325 g/mol. The van der Waals surface area contributed by atoms with Crippen LogP contribution in [-0.2, 0) is 6.54 Å². The Morgan fingerprint density at radius 2 is 2.04 bits per heavy atom. The second-order valence-electron chi connectivity index (χ2n) is 6.52. The van der Waals surface area contributed by atoms with Crippen LogP contribution < -0.4 is 16.1 Å². The van der Waals surface area contributed by atoms with Crippen molar-refractivity contribution in [2.75, 3.05) is 18.0 Å². The number of pyridine rings is 1. The third kappa shape index (κ3) is 2.89. The van der Waals surface area contributed by atoms with E-state index in [1.54, 1.807) is 11.5 Å². The molecule has 0 spiro atoms. The molecule has 0 saturated carbocycles. The summed E-state index contributed by atoms with van der Waals surface area (Å²) in [5, 5.41) is 9.35. The monoisotopic (exact) mass is 347 g/mol. The minimum Gasteiger partial charge on any atom is -0.477 e. The van der Waals surface area contributed by atoms with Crippen molar-refractivity contribution in [2.45, 2.75) is 39.3 Å². The summed E-state index contributed by atoms with van der Waals surface area (Å²) in [6.45, 7) is 5.44. The van der Waals surface area contributed by atoms with Crippen molar-refractivity contribution in [1.82, 2.24) is 4.57 Å². The van der Waals surface area contributed by atoms with E-state index in [1.165, 1.54) is 12.3 Å². The summed E-state index contributed by atoms with van der Waals surface area (Å²) < 4.78 is 16.5. The summed E-state index contributed by atoms with van der Waals surface area (Å²) in [7, 11) is 0. The number of piperidine rings is 1. The van der Waals surface area contributed by atoms with Gasteiger partial charge in [-0.2, -0.15) is 0 Å². The zero-order valence-corrected chi connectivity index (χ0v) is 14.4. The van der Waals surface area contributed by atoms with Crippen LogP contribution in [0.3, 0.4) is 0 Å². The lowest BCUT2D eigenvalue weighted by atomic mass is 10.0. The predicted molar refractivity (Wildman–Crippen MR) is 95.0 cm³/mol. The van der Waals surface area contributed by atoms with Crippen molar-refractivity contribution >= 4 is 22.6 Å². The Morgan fingerprint density at radius 1 is 1.40 bits per heavy atom. The average Bonchev–Trinajstić information content (AvgIpc) is 2.57. The maximum atomic E-state index is 14.8. The maximum absolute atomic E-state index is 14.8. The van der Waals surface area contributed by atoms with Crippen molar-refractivity contribution in [2.24, 2.45) is 5.73 Å². The van der Waals surface area contributed by atoms with Gasteiger partial charge in [-0.3, -0.25) is 4.79 Å². The third-order valence-electron chi connectivity index (χ3n) is 4.95. The fraction of sp³-hybridized carbons (Fsp3) is 0.444. The van der Waals surface area contributed by atoms with Gasteiger partial charge in [-0.15, -0.1) is 0 Å². The molecular formula is C18H22FN3O3. The first-order valence-electron chi connectivity index (χ1n) is 8.45. The minimum absolute atomic E-state index is 0.106. The Morgan fingerprint density at radius 3 is 2.60 bits per heavy atom. The first-order valence-corrected chi connectivity index (χ1v) is 8.45. The molecule has 0 radical (unpaired) electrons. The second-order valence-corrected chi connectivity index (χ2v) is 6.52.